The fourth-order valence-electron chi connectivity index (χ4n) is 12.5. The number of amides is 2. The zero-order valence-corrected chi connectivity index (χ0v) is 64.6. The van der Waals surface area contributed by atoms with Gasteiger partial charge in [0.15, 0.2) is 0 Å². The Kier molecular flexibility index (Phi) is 27.9. The van der Waals surface area contributed by atoms with E-state index in [9.17, 15) is 14.7 Å². The maximum absolute atomic E-state index is 12.8. The number of piperazine rings is 1. The van der Waals surface area contributed by atoms with Crippen LogP contribution in [0.25, 0.3) is 21.3 Å². The number of benzene rings is 14. The van der Waals surface area contributed by atoms with Crippen molar-refractivity contribution in [3.63, 3.8) is 0 Å². The molecule has 0 atom stereocenters. The van der Waals surface area contributed by atoms with Crippen LogP contribution in [0.1, 0.15) is 23.2 Å². The molecule has 2 fully saturated rings. The fraction of sp³-hybridized carbons (Fsp3) is 0.0745. The fourth-order valence-corrected chi connectivity index (χ4v) is 22.4. The molecule has 0 radical (unpaired) electrons. The monoisotopic (exact) mass is 1560 g/mol. The summed E-state index contributed by atoms with van der Waals surface area (Å²) in [6.45, 7) is 1.92. The molecule has 526 valence electrons. The minimum absolute atomic E-state index is 0. The Morgan fingerprint density at radius 2 is 0.528 bits per heavy atom. The molecule has 2 amide bonds. The van der Waals surface area contributed by atoms with Gasteiger partial charge in [0.05, 0.1) is 15.7 Å². The van der Waals surface area contributed by atoms with Crippen LogP contribution in [0.5, 0.6) is 0 Å². The van der Waals surface area contributed by atoms with E-state index in [0.29, 0.717) is 44.6 Å². The van der Waals surface area contributed by atoms with Crippen molar-refractivity contribution in [3.05, 3.63) is 418 Å². The first-order chi connectivity index (χ1) is 51.8. The van der Waals surface area contributed by atoms with Crippen molar-refractivity contribution in [2.75, 3.05) is 26.2 Å². The van der Waals surface area contributed by atoms with E-state index in [0.717, 1.165) is 21.3 Å². The van der Waals surface area contributed by atoms with Crippen LogP contribution in [-0.2, 0) is 25.2 Å². The van der Waals surface area contributed by atoms with Crippen molar-refractivity contribution in [2.45, 2.75) is 18.4 Å². The molecule has 14 aromatic carbocycles. The molecule has 12 heteroatoms. The maximum Gasteiger partial charge on any atom is 0.254 e. The predicted molar refractivity (Wildman–Crippen MR) is 452 cm³/mol. The van der Waals surface area contributed by atoms with Crippen molar-refractivity contribution < 1.29 is 35.1 Å². The second kappa shape index (κ2) is 39.0. The molecule has 15 aromatic rings. The van der Waals surface area contributed by atoms with Gasteiger partial charge in [-0.05, 0) is 144 Å². The molecule has 106 heavy (non-hydrogen) atoms. The van der Waals surface area contributed by atoms with Gasteiger partial charge in [-0.15, -0.1) is 11.3 Å². The number of aromatic nitrogens is 1. The Labute approximate surface area is 646 Å². The zero-order chi connectivity index (χ0) is 71.7. The van der Waals surface area contributed by atoms with E-state index < -0.39 is 37.3 Å². The first-order valence-electron chi connectivity index (χ1n) is 35.4. The Hall–Kier alpha value is -9.75. The zero-order valence-electron chi connectivity index (χ0n) is 58.6. The number of thiazole rings is 1. The molecule has 0 spiro atoms. The standard InChI is InChI=1S/C22H21N3O3S.4C18H15P.Pd/c26-20(24-9-11-25(12-10-24)21(27)22(28)7-8-22)16-3-1-15(2-4-16)17-5-6-19-18(13-17)23-14-29-19;4*1-4-10-16(11-5-1)19(17-12-6-2-7-13-17)18-14-8-3-9-15-18;/h1-6,13-14,28H,7-12H2;4*1-15H;. The number of nitrogens with zero attached hydrogens (tertiary/aromatic N) is 3. The van der Waals surface area contributed by atoms with Crippen molar-refractivity contribution in [3.8, 4) is 11.1 Å². The summed E-state index contributed by atoms with van der Waals surface area (Å²) in [5.74, 6) is -0.213. The summed E-state index contributed by atoms with van der Waals surface area (Å²) in [5, 5.41) is 26.8. The molecule has 1 N–H and O–H groups in total. The van der Waals surface area contributed by atoms with E-state index >= 15 is 0 Å². The smallest absolute Gasteiger partial charge is 0.254 e. The third-order valence-electron chi connectivity index (χ3n) is 17.9. The van der Waals surface area contributed by atoms with E-state index in [4.69, 9.17) is 0 Å². The summed E-state index contributed by atoms with van der Waals surface area (Å²) in [6.07, 6.45) is 1.10. The van der Waals surface area contributed by atoms with Gasteiger partial charge in [0.25, 0.3) is 11.8 Å². The van der Waals surface area contributed by atoms with E-state index in [1.54, 1.807) is 21.1 Å². The molecule has 0 unspecified atom stereocenters. The number of rotatable bonds is 15. The van der Waals surface area contributed by atoms with Crippen LogP contribution in [0.4, 0.5) is 0 Å². The van der Waals surface area contributed by atoms with Gasteiger partial charge in [-0.25, -0.2) is 4.98 Å². The van der Waals surface area contributed by atoms with Crippen LogP contribution in [0.2, 0.25) is 0 Å². The summed E-state index contributed by atoms with van der Waals surface area (Å²) in [7, 11) is -1.78. The Balaban J connectivity index is 0.000000125. The van der Waals surface area contributed by atoms with Crippen LogP contribution in [0, 0.1) is 0 Å². The SMILES string of the molecule is O=C(c1ccc(-c2ccc3scnc3c2)cc1)N1CCN(C(=O)C2(O)CC2)CC1.[Pd].c1ccc(P(c2ccccc2)c2ccccc2)cc1.c1ccc(P(c2ccccc2)c2ccccc2)cc1.c1ccc(P(c2ccccc2)c2ccccc2)cc1.c1ccc(P(c2ccccc2)c2ccccc2)cc1. The maximum atomic E-state index is 12.8. The van der Waals surface area contributed by atoms with Crippen molar-refractivity contribution >= 4 is 129 Å². The number of carbonyl (C=O) groups is 2. The summed E-state index contributed by atoms with van der Waals surface area (Å²) in [6, 6.07) is 143. The third kappa shape index (κ3) is 20.4. The summed E-state index contributed by atoms with van der Waals surface area (Å²) >= 11 is 1.62. The Morgan fingerprint density at radius 3 is 0.764 bits per heavy atom. The predicted octanol–water partition coefficient (Wildman–Crippen LogP) is 16.5. The molecule has 1 saturated carbocycles. The number of carbonyl (C=O) groups excluding carboxylic acids is 2. The number of aliphatic hydroxyl groups is 1. The first-order valence-corrected chi connectivity index (χ1v) is 41.6. The molecule has 1 aliphatic carbocycles. The molecule has 17 rings (SSSR count). The molecular weight excluding hydrogens is 1480 g/mol. The van der Waals surface area contributed by atoms with Crippen molar-refractivity contribution in [2.24, 2.45) is 0 Å². The molecule has 6 nitrogen and oxygen atoms in total. The van der Waals surface area contributed by atoms with Gasteiger partial charge in [-0.2, -0.15) is 0 Å². The second-order valence-corrected chi connectivity index (χ2v) is 34.9. The molecule has 2 heterocycles. The molecule has 2 aliphatic rings. The normalized spacial score (nSPS) is 12.5. The summed E-state index contributed by atoms with van der Waals surface area (Å²) in [4.78, 5) is 32.9. The summed E-state index contributed by atoms with van der Waals surface area (Å²) < 4.78 is 1.16. The van der Waals surface area contributed by atoms with Crippen molar-refractivity contribution in [1.29, 1.82) is 0 Å². The number of hydrogen-bond acceptors (Lipinski definition) is 5. The van der Waals surface area contributed by atoms with Crippen LogP contribution < -0.4 is 63.7 Å². The topological polar surface area (TPSA) is 73.7 Å². The average Bonchev–Trinajstić information content (AvgIpc) is 1.63. The number of hydrogen-bond donors (Lipinski definition) is 1. The van der Waals surface area contributed by atoms with Gasteiger partial charge in [-0.1, -0.05) is 382 Å². The van der Waals surface area contributed by atoms with Crippen LogP contribution in [0.15, 0.2) is 412 Å². The minimum atomic E-state index is -1.14. The van der Waals surface area contributed by atoms with Crippen LogP contribution in [-0.4, -0.2) is 63.5 Å². The van der Waals surface area contributed by atoms with Crippen LogP contribution in [0.3, 0.4) is 0 Å². The van der Waals surface area contributed by atoms with Crippen LogP contribution >= 0.6 is 43.0 Å². The number of fused-ring (bicyclic) bond motifs is 1. The van der Waals surface area contributed by atoms with E-state index in [1.165, 1.54) is 63.7 Å². The molecule has 1 aromatic heterocycles. The van der Waals surface area contributed by atoms with Gasteiger partial charge in [0.1, 0.15) is 5.60 Å². The van der Waals surface area contributed by atoms with E-state index in [-0.39, 0.29) is 32.2 Å². The molecule has 0 bridgehead atoms. The van der Waals surface area contributed by atoms with Gasteiger partial charge < -0.3 is 14.9 Å². The summed E-state index contributed by atoms with van der Waals surface area (Å²) in [5.41, 5.74) is 4.45. The first kappa shape index (κ1) is 75.9. The molecule has 1 aliphatic heterocycles. The Bertz CT molecular complexity index is 4220. The molecular formula is C94H81N3O3P4PdS. The van der Waals surface area contributed by atoms with Gasteiger partial charge in [0.2, 0.25) is 0 Å². The largest absolute Gasteiger partial charge is 0.380 e. The van der Waals surface area contributed by atoms with Gasteiger partial charge >= 0.3 is 0 Å². The van der Waals surface area contributed by atoms with Crippen molar-refractivity contribution in [1.82, 2.24) is 14.8 Å². The molecule has 1 saturated heterocycles. The minimum Gasteiger partial charge on any atom is -0.380 e. The van der Waals surface area contributed by atoms with E-state index in [2.05, 4.69) is 387 Å². The third-order valence-corrected chi connectivity index (χ3v) is 28.5. The Morgan fingerprint density at radius 1 is 0.302 bits per heavy atom. The van der Waals surface area contributed by atoms with Gasteiger partial charge in [0, 0.05) is 52.2 Å². The second-order valence-electron chi connectivity index (χ2n) is 25.1. The average molecular weight is 1560 g/mol. The van der Waals surface area contributed by atoms with Gasteiger partial charge in [-0.3, -0.25) is 9.59 Å². The quantitative estimate of drug-likeness (QED) is 0.0820. The van der Waals surface area contributed by atoms with E-state index in [1.807, 2.05) is 29.8 Å².